The third kappa shape index (κ3) is 3.67. The zero-order valence-electron chi connectivity index (χ0n) is 12.0. The van der Waals surface area contributed by atoms with Gasteiger partial charge in [-0.15, -0.1) is 11.8 Å². The van der Waals surface area contributed by atoms with Crippen LogP contribution in [0.25, 0.3) is 0 Å². The van der Waals surface area contributed by atoms with Gasteiger partial charge >= 0.3 is 0 Å². The van der Waals surface area contributed by atoms with Gasteiger partial charge in [-0.2, -0.15) is 0 Å². The average molecular weight is 279 g/mol. The molecule has 19 heavy (non-hydrogen) atoms. The Morgan fingerprint density at radius 3 is 2.79 bits per heavy atom. The number of hydrogen-bond donors (Lipinski definition) is 1. The van der Waals surface area contributed by atoms with Gasteiger partial charge in [-0.3, -0.25) is 0 Å². The summed E-state index contributed by atoms with van der Waals surface area (Å²) < 4.78 is 6.28. The Kier molecular flexibility index (Phi) is 5.59. The quantitative estimate of drug-likeness (QED) is 0.820. The minimum atomic E-state index is 0.362. The number of benzene rings is 1. The third-order valence-corrected chi connectivity index (χ3v) is 4.89. The van der Waals surface area contributed by atoms with Crippen LogP contribution in [-0.2, 0) is 6.54 Å². The zero-order valence-corrected chi connectivity index (χ0v) is 12.8. The molecule has 1 saturated carbocycles. The highest BCUT2D eigenvalue weighted by Gasteiger charge is 2.23. The van der Waals surface area contributed by atoms with E-state index in [1.165, 1.54) is 36.1 Å². The summed E-state index contributed by atoms with van der Waals surface area (Å²) >= 11 is 1.84. The summed E-state index contributed by atoms with van der Waals surface area (Å²) in [6, 6.07) is 6.30. The van der Waals surface area contributed by atoms with Crippen LogP contribution in [-0.4, -0.2) is 11.9 Å². The fraction of sp³-hybridized carbons (Fsp3) is 0.625. The fourth-order valence-electron chi connectivity index (χ4n) is 2.77. The van der Waals surface area contributed by atoms with Gasteiger partial charge in [0.05, 0.1) is 0 Å². The van der Waals surface area contributed by atoms with Gasteiger partial charge in [0.2, 0.25) is 0 Å². The second kappa shape index (κ2) is 7.20. The molecule has 0 aromatic heterocycles. The van der Waals surface area contributed by atoms with Gasteiger partial charge in [0, 0.05) is 17.0 Å². The van der Waals surface area contributed by atoms with Crippen LogP contribution in [0.4, 0.5) is 0 Å². The van der Waals surface area contributed by atoms with Crippen molar-refractivity contribution in [1.29, 1.82) is 0 Å². The molecule has 2 nitrogen and oxygen atoms in total. The molecule has 2 N–H and O–H groups in total. The topological polar surface area (TPSA) is 35.2 Å². The molecule has 3 heteroatoms. The van der Waals surface area contributed by atoms with Crippen LogP contribution in [0.15, 0.2) is 23.1 Å². The molecule has 0 radical (unpaired) electrons. The Balaban J connectivity index is 2.16. The lowest BCUT2D eigenvalue weighted by Crippen LogP contribution is -2.28. The molecule has 0 amide bonds. The minimum absolute atomic E-state index is 0.362. The summed E-state index contributed by atoms with van der Waals surface area (Å²) in [6.07, 6.45) is 5.45. The van der Waals surface area contributed by atoms with Crippen molar-refractivity contribution in [2.75, 3.05) is 5.75 Å². The van der Waals surface area contributed by atoms with Crippen molar-refractivity contribution in [3.8, 4) is 5.75 Å². The van der Waals surface area contributed by atoms with E-state index in [-0.39, 0.29) is 0 Å². The predicted molar refractivity (Wildman–Crippen MR) is 82.8 cm³/mol. The van der Waals surface area contributed by atoms with Gasteiger partial charge in [0.25, 0.3) is 0 Å². The Morgan fingerprint density at radius 1 is 1.32 bits per heavy atom. The van der Waals surface area contributed by atoms with E-state index in [2.05, 4.69) is 32.0 Å². The highest BCUT2D eigenvalue weighted by molar-refractivity contribution is 7.99. The maximum absolute atomic E-state index is 6.28. The molecule has 1 aliphatic rings. The lowest BCUT2D eigenvalue weighted by Gasteiger charge is -2.30. The van der Waals surface area contributed by atoms with Crippen LogP contribution < -0.4 is 10.5 Å². The van der Waals surface area contributed by atoms with Crippen LogP contribution in [0.2, 0.25) is 0 Å². The molecule has 1 aliphatic carbocycles. The number of hydrogen-bond acceptors (Lipinski definition) is 3. The molecule has 2 atom stereocenters. The van der Waals surface area contributed by atoms with E-state index in [1.807, 2.05) is 11.8 Å². The van der Waals surface area contributed by atoms with Gasteiger partial charge in [0.15, 0.2) is 0 Å². The predicted octanol–water partition coefficient (Wildman–Crippen LogP) is 4.21. The van der Waals surface area contributed by atoms with Crippen LogP contribution in [0.1, 0.15) is 45.1 Å². The molecule has 0 bridgehead atoms. The normalized spacial score (nSPS) is 23.3. The molecular formula is C16H25NOS. The molecule has 0 heterocycles. The van der Waals surface area contributed by atoms with Crippen molar-refractivity contribution in [2.24, 2.45) is 11.7 Å². The molecule has 0 spiro atoms. The van der Waals surface area contributed by atoms with E-state index in [0.717, 1.165) is 11.5 Å². The number of nitrogens with two attached hydrogens (primary N) is 1. The Labute approximate surface area is 121 Å². The summed E-state index contributed by atoms with van der Waals surface area (Å²) in [4.78, 5) is 1.27. The lowest BCUT2D eigenvalue weighted by molar-refractivity contribution is 0.101. The van der Waals surface area contributed by atoms with E-state index in [9.17, 15) is 0 Å². The Bertz CT molecular complexity index is 408. The Morgan fingerprint density at radius 2 is 2.11 bits per heavy atom. The summed E-state index contributed by atoms with van der Waals surface area (Å²) in [5.74, 6) is 2.72. The minimum Gasteiger partial charge on any atom is -0.490 e. The molecule has 106 valence electrons. The summed E-state index contributed by atoms with van der Waals surface area (Å²) in [6.45, 7) is 5.03. The number of rotatable bonds is 5. The maximum Gasteiger partial charge on any atom is 0.125 e. The summed E-state index contributed by atoms with van der Waals surface area (Å²) in [5, 5.41) is 0. The fourth-order valence-corrected chi connectivity index (χ4v) is 3.61. The smallest absolute Gasteiger partial charge is 0.125 e. The third-order valence-electron chi connectivity index (χ3n) is 3.91. The highest BCUT2D eigenvalue weighted by atomic mass is 32.2. The molecule has 2 rings (SSSR count). The first-order chi connectivity index (χ1) is 9.26. The monoisotopic (exact) mass is 279 g/mol. The van der Waals surface area contributed by atoms with Gasteiger partial charge in [-0.1, -0.05) is 26.3 Å². The zero-order chi connectivity index (χ0) is 13.7. The molecule has 1 aromatic rings. The molecular weight excluding hydrogens is 254 g/mol. The van der Waals surface area contributed by atoms with E-state index in [1.54, 1.807) is 0 Å². The van der Waals surface area contributed by atoms with E-state index in [4.69, 9.17) is 10.5 Å². The molecule has 1 aromatic carbocycles. The second-order valence-electron chi connectivity index (χ2n) is 5.29. The first-order valence-electron chi connectivity index (χ1n) is 7.37. The summed E-state index contributed by atoms with van der Waals surface area (Å²) in [5.41, 5.74) is 7.10. The number of ether oxygens (including phenoxy) is 1. The summed E-state index contributed by atoms with van der Waals surface area (Å²) in [7, 11) is 0. The van der Waals surface area contributed by atoms with Crippen molar-refractivity contribution in [2.45, 2.75) is 57.1 Å². The standard InChI is InChI=1S/C16H25NOS/c1-3-19-16-10-6-9-15(13(16)11-17)18-14-8-5-4-7-12(14)2/h6,9-10,12,14H,3-5,7-8,11,17H2,1-2H3. The van der Waals surface area contributed by atoms with Crippen LogP contribution in [0.5, 0.6) is 5.75 Å². The lowest BCUT2D eigenvalue weighted by atomic mass is 9.88. The van der Waals surface area contributed by atoms with Crippen molar-refractivity contribution >= 4 is 11.8 Å². The molecule has 0 aliphatic heterocycles. The van der Waals surface area contributed by atoms with E-state index in [0.29, 0.717) is 18.6 Å². The largest absolute Gasteiger partial charge is 0.490 e. The highest BCUT2D eigenvalue weighted by Crippen LogP contribution is 2.33. The van der Waals surface area contributed by atoms with Crippen molar-refractivity contribution in [3.63, 3.8) is 0 Å². The van der Waals surface area contributed by atoms with Gasteiger partial charge in [-0.25, -0.2) is 0 Å². The average Bonchev–Trinajstić information content (AvgIpc) is 2.42. The molecule has 0 saturated heterocycles. The Hall–Kier alpha value is -0.670. The SMILES string of the molecule is CCSc1cccc(OC2CCCCC2C)c1CN. The first-order valence-corrected chi connectivity index (χ1v) is 8.36. The van der Waals surface area contributed by atoms with Crippen LogP contribution in [0, 0.1) is 5.92 Å². The first kappa shape index (κ1) is 14.7. The van der Waals surface area contributed by atoms with Gasteiger partial charge in [0.1, 0.15) is 11.9 Å². The van der Waals surface area contributed by atoms with Crippen molar-refractivity contribution < 1.29 is 4.74 Å². The van der Waals surface area contributed by atoms with Gasteiger partial charge in [-0.05, 0) is 43.1 Å². The van der Waals surface area contributed by atoms with Crippen molar-refractivity contribution in [1.82, 2.24) is 0 Å². The van der Waals surface area contributed by atoms with Crippen LogP contribution >= 0.6 is 11.8 Å². The molecule has 1 fully saturated rings. The maximum atomic E-state index is 6.28. The second-order valence-corrected chi connectivity index (χ2v) is 6.59. The number of thioether (sulfide) groups is 1. The van der Waals surface area contributed by atoms with E-state index >= 15 is 0 Å². The molecule has 2 unspecified atom stereocenters. The van der Waals surface area contributed by atoms with Crippen LogP contribution in [0.3, 0.4) is 0 Å². The van der Waals surface area contributed by atoms with E-state index < -0.39 is 0 Å². The van der Waals surface area contributed by atoms with Gasteiger partial charge < -0.3 is 10.5 Å². The van der Waals surface area contributed by atoms with Crippen molar-refractivity contribution in [3.05, 3.63) is 23.8 Å².